The van der Waals surface area contributed by atoms with Gasteiger partial charge in [0.15, 0.2) is 0 Å². The van der Waals surface area contributed by atoms with Crippen LogP contribution in [-0.2, 0) is 11.3 Å². The van der Waals surface area contributed by atoms with Crippen LogP contribution in [0.15, 0.2) is 96.2 Å². The summed E-state index contributed by atoms with van der Waals surface area (Å²) < 4.78 is 6.89. The Morgan fingerprint density at radius 2 is 1.75 bits per heavy atom. The van der Waals surface area contributed by atoms with Crippen molar-refractivity contribution in [2.24, 2.45) is 5.10 Å². The minimum Gasteiger partial charge on any atom is -0.506 e. The lowest BCUT2D eigenvalue weighted by molar-refractivity contribution is 0.0600. The van der Waals surface area contributed by atoms with E-state index in [1.165, 1.54) is 7.11 Å². The SMILES string of the molecule is COC(=O)c1cccc(Cn2cc(C=NNC(=O)c3ccc4ccccc4c3O)c3ccccc32)c1. The molecule has 5 rings (SSSR count). The molecular formula is C29H23N3O4. The minimum absolute atomic E-state index is 0.0772. The molecule has 0 atom stereocenters. The molecule has 0 fully saturated rings. The number of phenolic OH excluding ortho intramolecular Hbond substituents is 1. The lowest BCUT2D eigenvalue weighted by atomic mass is 10.1. The summed E-state index contributed by atoms with van der Waals surface area (Å²) in [6.45, 7) is 0.538. The van der Waals surface area contributed by atoms with Crippen molar-refractivity contribution in [3.8, 4) is 5.75 Å². The van der Waals surface area contributed by atoms with Crippen molar-refractivity contribution in [2.45, 2.75) is 6.54 Å². The first-order valence-electron chi connectivity index (χ1n) is 11.3. The maximum absolute atomic E-state index is 12.7. The number of methoxy groups -OCH3 is 1. The molecule has 2 N–H and O–H groups in total. The molecule has 0 saturated carbocycles. The Morgan fingerprint density at radius 1 is 0.972 bits per heavy atom. The molecular weight excluding hydrogens is 454 g/mol. The second-order valence-electron chi connectivity index (χ2n) is 8.30. The van der Waals surface area contributed by atoms with Crippen molar-refractivity contribution >= 4 is 39.8 Å². The van der Waals surface area contributed by atoms with Crippen LogP contribution in [0.4, 0.5) is 0 Å². The van der Waals surface area contributed by atoms with E-state index in [9.17, 15) is 14.7 Å². The lowest BCUT2D eigenvalue weighted by Crippen LogP contribution is -2.17. The van der Waals surface area contributed by atoms with Crippen molar-refractivity contribution < 1.29 is 19.4 Å². The van der Waals surface area contributed by atoms with E-state index in [2.05, 4.69) is 15.1 Å². The van der Waals surface area contributed by atoms with Gasteiger partial charge in [0.25, 0.3) is 5.91 Å². The van der Waals surface area contributed by atoms with Crippen LogP contribution in [0, 0.1) is 0 Å². The molecule has 0 aliphatic carbocycles. The van der Waals surface area contributed by atoms with Crippen LogP contribution in [0.25, 0.3) is 21.7 Å². The second kappa shape index (κ2) is 9.76. The van der Waals surface area contributed by atoms with E-state index in [0.717, 1.165) is 27.4 Å². The number of nitrogens with one attached hydrogen (secondary N) is 1. The summed E-state index contributed by atoms with van der Waals surface area (Å²) in [4.78, 5) is 24.6. The fourth-order valence-electron chi connectivity index (χ4n) is 4.28. The van der Waals surface area contributed by atoms with E-state index in [1.54, 1.807) is 30.5 Å². The lowest BCUT2D eigenvalue weighted by Gasteiger charge is -2.07. The van der Waals surface area contributed by atoms with E-state index in [4.69, 9.17) is 4.74 Å². The van der Waals surface area contributed by atoms with Gasteiger partial charge in [-0.15, -0.1) is 0 Å². The summed E-state index contributed by atoms with van der Waals surface area (Å²) in [7, 11) is 1.36. The topological polar surface area (TPSA) is 92.9 Å². The number of para-hydroxylation sites is 1. The van der Waals surface area contributed by atoms with Gasteiger partial charge in [0.05, 0.1) is 24.5 Å². The molecule has 1 aromatic heterocycles. The molecule has 0 radical (unpaired) electrons. The van der Waals surface area contributed by atoms with E-state index in [1.807, 2.05) is 66.9 Å². The largest absolute Gasteiger partial charge is 0.506 e. The quantitative estimate of drug-likeness (QED) is 0.202. The number of amides is 1. The smallest absolute Gasteiger partial charge is 0.337 e. The average Bonchev–Trinajstić information content (AvgIpc) is 3.25. The number of carbonyl (C=O) groups excluding carboxylic acids is 2. The van der Waals surface area contributed by atoms with Crippen LogP contribution in [-0.4, -0.2) is 34.9 Å². The third kappa shape index (κ3) is 4.42. The van der Waals surface area contributed by atoms with E-state index in [0.29, 0.717) is 17.5 Å². The van der Waals surface area contributed by atoms with Crippen molar-refractivity contribution in [1.82, 2.24) is 9.99 Å². The number of benzene rings is 4. The molecule has 7 nitrogen and oxygen atoms in total. The minimum atomic E-state index is -0.502. The zero-order chi connectivity index (χ0) is 25.1. The van der Waals surface area contributed by atoms with Gasteiger partial charge in [-0.2, -0.15) is 5.10 Å². The number of hydrogen-bond acceptors (Lipinski definition) is 5. The number of aromatic nitrogens is 1. The Kier molecular flexibility index (Phi) is 6.19. The monoisotopic (exact) mass is 477 g/mol. The molecule has 0 unspecified atom stereocenters. The number of hydrogen-bond donors (Lipinski definition) is 2. The third-order valence-electron chi connectivity index (χ3n) is 6.04. The number of phenols is 1. The van der Waals surface area contributed by atoms with Crippen molar-refractivity contribution in [3.05, 3.63) is 113 Å². The molecule has 36 heavy (non-hydrogen) atoms. The van der Waals surface area contributed by atoms with Crippen LogP contribution < -0.4 is 5.43 Å². The second-order valence-corrected chi connectivity index (χ2v) is 8.30. The zero-order valence-electron chi connectivity index (χ0n) is 19.5. The number of aromatic hydroxyl groups is 1. The predicted molar refractivity (Wildman–Crippen MR) is 139 cm³/mol. The number of hydrazone groups is 1. The van der Waals surface area contributed by atoms with Crippen molar-refractivity contribution in [3.63, 3.8) is 0 Å². The maximum atomic E-state index is 12.7. The number of carbonyl (C=O) groups is 2. The van der Waals surface area contributed by atoms with Gasteiger partial charge < -0.3 is 14.4 Å². The molecule has 5 aromatic rings. The van der Waals surface area contributed by atoms with Crippen molar-refractivity contribution in [1.29, 1.82) is 0 Å². The van der Waals surface area contributed by atoms with Crippen LogP contribution >= 0.6 is 0 Å². The molecule has 1 amide bonds. The molecule has 0 bridgehead atoms. The Balaban J connectivity index is 1.39. The molecule has 4 aromatic carbocycles. The summed E-state index contributed by atoms with van der Waals surface area (Å²) in [6, 6.07) is 25.9. The molecule has 0 aliphatic heterocycles. The highest BCUT2D eigenvalue weighted by molar-refractivity contribution is 6.04. The first-order chi connectivity index (χ1) is 17.5. The van der Waals surface area contributed by atoms with Gasteiger partial charge >= 0.3 is 5.97 Å². The maximum Gasteiger partial charge on any atom is 0.337 e. The fraction of sp³-hybridized carbons (Fsp3) is 0.0690. The number of ether oxygens (including phenoxy) is 1. The number of fused-ring (bicyclic) bond motifs is 2. The first-order valence-corrected chi connectivity index (χ1v) is 11.3. The Bertz CT molecular complexity index is 1630. The van der Waals surface area contributed by atoms with Gasteiger partial charge in [-0.25, -0.2) is 10.2 Å². The Labute approximate surface area is 207 Å². The van der Waals surface area contributed by atoms with E-state index in [-0.39, 0.29) is 17.3 Å². The van der Waals surface area contributed by atoms with Gasteiger partial charge in [0, 0.05) is 34.6 Å². The van der Waals surface area contributed by atoms with Gasteiger partial charge in [-0.05, 0) is 35.2 Å². The van der Waals surface area contributed by atoms with Gasteiger partial charge in [0.2, 0.25) is 0 Å². The average molecular weight is 478 g/mol. The Morgan fingerprint density at radius 3 is 2.58 bits per heavy atom. The number of esters is 1. The highest BCUT2D eigenvalue weighted by Crippen LogP contribution is 2.28. The molecule has 7 heteroatoms. The van der Waals surface area contributed by atoms with Gasteiger partial charge in [-0.1, -0.05) is 60.7 Å². The molecule has 0 spiro atoms. The van der Waals surface area contributed by atoms with Gasteiger partial charge in [-0.3, -0.25) is 4.79 Å². The number of nitrogens with zero attached hydrogens (tertiary/aromatic N) is 2. The summed E-state index contributed by atoms with van der Waals surface area (Å²) in [6.07, 6.45) is 3.53. The normalized spacial score (nSPS) is 11.2. The van der Waals surface area contributed by atoms with Gasteiger partial charge in [0.1, 0.15) is 5.75 Å². The number of rotatable bonds is 6. The first kappa shape index (κ1) is 22.9. The zero-order valence-corrected chi connectivity index (χ0v) is 19.5. The van der Waals surface area contributed by atoms with Crippen LogP contribution in [0.2, 0.25) is 0 Å². The summed E-state index contributed by atoms with van der Waals surface area (Å²) in [5.74, 6) is -0.959. The Hall–Kier alpha value is -4.91. The molecule has 1 heterocycles. The molecule has 178 valence electrons. The fourth-order valence-corrected chi connectivity index (χ4v) is 4.28. The molecule has 0 saturated heterocycles. The van der Waals surface area contributed by atoms with Crippen LogP contribution in [0.5, 0.6) is 5.75 Å². The summed E-state index contributed by atoms with van der Waals surface area (Å²) in [5.41, 5.74) is 5.91. The summed E-state index contributed by atoms with van der Waals surface area (Å²) in [5, 5.41) is 17.1. The third-order valence-corrected chi connectivity index (χ3v) is 6.04. The van der Waals surface area contributed by atoms with Crippen molar-refractivity contribution in [2.75, 3.05) is 7.11 Å². The highest BCUT2D eigenvalue weighted by atomic mass is 16.5. The highest BCUT2D eigenvalue weighted by Gasteiger charge is 2.14. The van der Waals surface area contributed by atoms with Crippen LogP contribution in [0.1, 0.15) is 31.8 Å². The standard InChI is InChI=1S/C29H23N3O4/c1-36-29(35)21-9-6-7-19(15-21)17-32-18-22(23-10-4-5-12-26(23)32)16-30-31-28(34)25-14-13-20-8-2-3-11-24(20)27(25)33/h2-16,18,33H,17H2,1H3,(H,31,34). The van der Waals surface area contributed by atoms with E-state index < -0.39 is 5.91 Å². The molecule has 0 aliphatic rings. The summed E-state index contributed by atoms with van der Waals surface area (Å²) >= 11 is 0. The predicted octanol–water partition coefficient (Wildman–Crippen LogP) is 5.10. The van der Waals surface area contributed by atoms with E-state index >= 15 is 0 Å². The van der Waals surface area contributed by atoms with Crippen LogP contribution in [0.3, 0.4) is 0 Å².